The molecule has 1 N–H and O–H groups in total. The molecule has 5 nitrogen and oxygen atoms in total. The molecule has 2 aromatic heterocycles. The smallest absolute Gasteiger partial charge is 0.263 e. The highest BCUT2D eigenvalue weighted by Gasteiger charge is 2.27. The molecule has 1 aliphatic heterocycles. The highest BCUT2D eigenvalue weighted by atomic mass is 32.1. The first-order valence-electron chi connectivity index (χ1n) is 10.1. The molecule has 1 saturated heterocycles. The van der Waals surface area contributed by atoms with Crippen molar-refractivity contribution in [2.24, 2.45) is 0 Å². The van der Waals surface area contributed by atoms with Gasteiger partial charge in [0.05, 0.1) is 11.4 Å². The average molecular weight is 397 g/mol. The van der Waals surface area contributed by atoms with E-state index >= 15 is 0 Å². The van der Waals surface area contributed by atoms with E-state index in [0.29, 0.717) is 6.04 Å². The first-order valence-corrected chi connectivity index (χ1v) is 10.9. The van der Waals surface area contributed by atoms with Crippen molar-refractivity contribution in [2.45, 2.75) is 44.7 Å². The van der Waals surface area contributed by atoms with Crippen LogP contribution in [0.15, 0.2) is 36.7 Å². The Hall–Kier alpha value is -2.18. The predicted molar refractivity (Wildman–Crippen MR) is 115 cm³/mol. The Labute approximate surface area is 170 Å². The number of aromatic nitrogens is 2. The van der Waals surface area contributed by atoms with Gasteiger partial charge in [-0.2, -0.15) is 0 Å². The minimum Gasteiger partial charge on any atom is -0.348 e. The molecule has 1 fully saturated rings. The molecule has 0 aliphatic carbocycles. The molecule has 0 radical (unpaired) electrons. The number of carbonyl (C=O) groups is 1. The zero-order valence-electron chi connectivity index (χ0n) is 16.6. The Bertz CT molecular complexity index is 931. The lowest BCUT2D eigenvalue weighted by molar-refractivity contribution is 0.0830. The van der Waals surface area contributed by atoms with Gasteiger partial charge in [-0.1, -0.05) is 31.0 Å². The van der Waals surface area contributed by atoms with Gasteiger partial charge in [0.2, 0.25) is 0 Å². The molecular formula is C22H28N4OS. The van der Waals surface area contributed by atoms with Gasteiger partial charge in [0.25, 0.3) is 5.91 Å². The summed E-state index contributed by atoms with van der Waals surface area (Å²) in [4.78, 5) is 25.7. The van der Waals surface area contributed by atoms with Crippen LogP contribution in [0.25, 0.3) is 10.1 Å². The summed E-state index contributed by atoms with van der Waals surface area (Å²) in [6, 6.07) is 8.86. The summed E-state index contributed by atoms with van der Waals surface area (Å²) in [7, 11) is 3.68. The van der Waals surface area contributed by atoms with Crippen LogP contribution in [-0.4, -0.2) is 52.4 Å². The number of H-pyrrole nitrogens is 1. The van der Waals surface area contributed by atoms with Gasteiger partial charge in [-0.05, 0) is 42.8 Å². The highest BCUT2D eigenvalue weighted by molar-refractivity contribution is 7.21. The fourth-order valence-corrected chi connectivity index (χ4v) is 5.42. The van der Waals surface area contributed by atoms with E-state index in [2.05, 4.69) is 39.1 Å². The third-order valence-electron chi connectivity index (χ3n) is 5.65. The quantitative estimate of drug-likeness (QED) is 0.699. The first-order chi connectivity index (χ1) is 13.6. The summed E-state index contributed by atoms with van der Waals surface area (Å²) in [5.41, 5.74) is 1.22. The molecule has 148 valence electrons. The van der Waals surface area contributed by atoms with Crippen LogP contribution in [0.4, 0.5) is 0 Å². The largest absolute Gasteiger partial charge is 0.348 e. The second-order valence-electron chi connectivity index (χ2n) is 7.82. The number of nitrogens with zero attached hydrogens (tertiary/aromatic N) is 3. The SMILES string of the molecule is CN(C)C(=O)c1sc2ccccc2c1C[C@H]1CCCCCN1Cc1ncc[nH]1. The topological polar surface area (TPSA) is 52.2 Å². The van der Waals surface area contributed by atoms with Crippen molar-refractivity contribution in [1.29, 1.82) is 0 Å². The van der Waals surface area contributed by atoms with Gasteiger partial charge in [-0.25, -0.2) is 4.98 Å². The summed E-state index contributed by atoms with van der Waals surface area (Å²) in [5.74, 6) is 1.13. The van der Waals surface area contributed by atoms with Crippen LogP contribution in [-0.2, 0) is 13.0 Å². The van der Waals surface area contributed by atoms with Crippen LogP contribution < -0.4 is 0 Å². The lowest BCUT2D eigenvalue weighted by atomic mass is 9.98. The van der Waals surface area contributed by atoms with Crippen molar-refractivity contribution in [3.8, 4) is 0 Å². The second kappa shape index (κ2) is 8.45. The number of benzene rings is 1. The van der Waals surface area contributed by atoms with E-state index in [4.69, 9.17) is 0 Å². The number of hydrogen-bond acceptors (Lipinski definition) is 4. The molecule has 0 bridgehead atoms. The van der Waals surface area contributed by atoms with Crippen LogP contribution in [0, 0.1) is 0 Å². The van der Waals surface area contributed by atoms with Gasteiger partial charge < -0.3 is 9.88 Å². The van der Waals surface area contributed by atoms with Crippen molar-refractivity contribution < 1.29 is 4.79 Å². The first kappa shape index (κ1) is 19.2. The number of amides is 1. The second-order valence-corrected chi connectivity index (χ2v) is 8.87. The molecule has 3 aromatic rings. The van der Waals surface area contributed by atoms with Crippen LogP contribution in [0.2, 0.25) is 0 Å². The molecule has 28 heavy (non-hydrogen) atoms. The predicted octanol–water partition coefficient (Wildman–Crippen LogP) is 4.31. The summed E-state index contributed by atoms with van der Waals surface area (Å²) in [6.07, 6.45) is 9.55. The maximum absolute atomic E-state index is 12.9. The highest BCUT2D eigenvalue weighted by Crippen LogP contribution is 2.34. The summed E-state index contributed by atoms with van der Waals surface area (Å²) >= 11 is 1.63. The molecule has 1 aliphatic rings. The Balaban J connectivity index is 1.68. The molecule has 0 saturated carbocycles. The standard InChI is InChI=1S/C22H28N4OS/c1-25(2)22(27)21-18(17-9-5-6-10-19(17)28-21)14-16-8-4-3-7-13-26(16)15-20-23-11-12-24-20/h5-6,9-12,16H,3-4,7-8,13-15H2,1-2H3,(H,23,24)/t16-/m1/s1. The van der Waals surface area contributed by atoms with Gasteiger partial charge in [0.1, 0.15) is 5.82 Å². The van der Waals surface area contributed by atoms with Crippen LogP contribution in [0.1, 0.15) is 46.7 Å². The monoisotopic (exact) mass is 396 g/mol. The van der Waals surface area contributed by atoms with Gasteiger partial charge in [-0.3, -0.25) is 9.69 Å². The van der Waals surface area contributed by atoms with E-state index in [9.17, 15) is 4.79 Å². The van der Waals surface area contributed by atoms with Crippen molar-refractivity contribution in [3.05, 3.63) is 52.9 Å². The van der Waals surface area contributed by atoms with Gasteiger partial charge in [0, 0.05) is 37.2 Å². The maximum Gasteiger partial charge on any atom is 0.263 e. The molecular weight excluding hydrogens is 368 g/mol. The lowest BCUT2D eigenvalue weighted by Gasteiger charge is -2.29. The number of carbonyl (C=O) groups excluding carboxylic acids is 1. The fraction of sp³-hybridized carbons (Fsp3) is 0.455. The van der Waals surface area contributed by atoms with E-state index in [1.807, 2.05) is 26.5 Å². The molecule has 1 amide bonds. The van der Waals surface area contributed by atoms with Gasteiger partial charge >= 0.3 is 0 Å². The number of rotatable bonds is 5. The minimum absolute atomic E-state index is 0.113. The normalized spacial score (nSPS) is 18.3. The molecule has 3 heterocycles. The van der Waals surface area contributed by atoms with Crippen LogP contribution in [0.5, 0.6) is 0 Å². The number of likely N-dealkylation sites (tertiary alicyclic amines) is 1. The van der Waals surface area contributed by atoms with Crippen molar-refractivity contribution in [2.75, 3.05) is 20.6 Å². The number of fused-ring (bicyclic) bond motifs is 1. The molecule has 0 spiro atoms. The van der Waals surface area contributed by atoms with E-state index in [1.54, 1.807) is 16.2 Å². The lowest BCUT2D eigenvalue weighted by Crippen LogP contribution is -2.36. The van der Waals surface area contributed by atoms with Gasteiger partial charge in [-0.15, -0.1) is 11.3 Å². The van der Waals surface area contributed by atoms with Crippen LogP contribution in [0.3, 0.4) is 0 Å². The summed E-state index contributed by atoms with van der Waals surface area (Å²) in [5, 5.41) is 1.24. The molecule has 1 aromatic carbocycles. The van der Waals surface area contributed by atoms with Crippen molar-refractivity contribution in [1.82, 2.24) is 19.8 Å². The Morgan fingerprint density at radius 1 is 1.29 bits per heavy atom. The van der Waals surface area contributed by atoms with E-state index in [1.165, 1.54) is 41.3 Å². The molecule has 1 atom stereocenters. The average Bonchev–Trinajstić information content (AvgIpc) is 3.27. The third kappa shape index (κ3) is 3.98. The molecule has 6 heteroatoms. The van der Waals surface area contributed by atoms with E-state index in [0.717, 1.165) is 30.2 Å². The number of imidazole rings is 1. The van der Waals surface area contributed by atoms with E-state index < -0.39 is 0 Å². The number of hydrogen-bond donors (Lipinski definition) is 1. The van der Waals surface area contributed by atoms with Crippen molar-refractivity contribution >= 4 is 27.3 Å². The van der Waals surface area contributed by atoms with Crippen molar-refractivity contribution in [3.63, 3.8) is 0 Å². The summed E-state index contributed by atoms with van der Waals surface area (Å²) < 4.78 is 1.20. The Morgan fingerprint density at radius 2 is 2.14 bits per heavy atom. The zero-order chi connectivity index (χ0) is 19.5. The number of nitrogens with one attached hydrogen (secondary N) is 1. The maximum atomic E-state index is 12.9. The van der Waals surface area contributed by atoms with Crippen LogP contribution >= 0.6 is 11.3 Å². The van der Waals surface area contributed by atoms with E-state index in [-0.39, 0.29) is 5.91 Å². The number of thiophene rings is 1. The summed E-state index contributed by atoms with van der Waals surface area (Å²) in [6.45, 7) is 1.93. The minimum atomic E-state index is 0.113. The number of aromatic amines is 1. The Morgan fingerprint density at radius 3 is 2.93 bits per heavy atom. The fourth-order valence-electron chi connectivity index (χ4n) is 4.17. The molecule has 0 unspecified atom stereocenters. The van der Waals surface area contributed by atoms with Gasteiger partial charge in [0.15, 0.2) is 0 Å². The Kier molecular flexibility index (Phi) is 5.78. The third-order valence-corrected chi connectivity index (χ3v) is 6.85. The molecule has 4 rings (SSSR count). The zero-order valence-corrected chi connectivity index (χ0v) is 17.5.